The molecule has 0 aromatic carbocycles. The van der Waals surface area contributed by atoms with Gasteiger partial charge in [-0.25, -0.2) is 0 Å². The summed E-state index contributed by atoms with van der Waals surface area (Å²) in [7, 11) is 3.75. The molecule has 3 nitrogen and oxygen atoms in total. The molecule has 1 atom stereocenters. The lowest BCUT2D eigenvalue weighted by atomic mass is 10.0. The molecule has 0 amide bonds. The third-order valence-corrected chi connectivity index (χ3v) is 2.52. The lowest BCUT2D eigenvalue weighted by Gasteiger charge is -2.26. The molecule has 13 heavy (non-hydrogen) atoms. The average Bonchev–Trinajstić information content (AvgIpc) is 2.17. The predicted molar refractivity (Wildman–Crippen MR) is 57.1 cm³/mol. The van der Waals surface area contributed by atoms with E-state index in [1.54, 1.807) is 7.11 Å². The van der Waals surface area contributed by atoms with Crippen LogP contribution in [0.2, 0.25) is 0 Å². The number of hydrogen-bond acceptors (Lipinski definition) is 3. The van der Waals surface area contributed by atoms with Crippen molar-refractivity contribution < 1.29 is 4.74 Å². The van der Waals surface area contributed by atoms with E-state index in [1.807, 2.05) is 7.05 Å². The lowest BCUT2D eigenvalue weighted by Crippen LogP contribution is -2.39. The minimum absolute atomic E-state index is 0.000354. The summed E-state index contributed by atoms with van der Waals surface area (Å²) in [5, 5.41) is 6.52. The van der Waals surface area contributed by atoms with Crippen LogP contribution in [0.3, 0.4) is 0 Å². The summed E-state index contributed by atoms with van der Waals surface area (Å²) in [6.07, 6.45) is 2.21. The lowest BCUT2D eigenvalue weighted by molar-refractivity contribution is 0.00385. The summed E-state index contributed by atoms with van der Waals surface area (Å²) >= 11 is 0. The monoisotopic (exact) mass is 188 g/mol. The Morgan fingerprint density at radius 2 is 2.00 bits per heavy atom. The van der Waals surface area contributed by atoms with Gasteiger partial charge in [-0.05, 0) is 39.9 Å². The normalized spacial score (nSPS) is 15.7. The summed E-state index contributed by atoms with van der Waals surface area (Å²) in [4.78, 5) is 0. The maximum Gasteiger partial charge on any atom is 0.0771 e. The molecule has 0 fully saturated rings. The predicted octanol–water partition coefficient (Wildman–Crippen LogP) is 1.00. The standard InChI is InChI=1S/C10H24N2O/c1-5-10(2,13-4)9-12-8-6-7-11-3/h11-12H,5-9H2,1-4H3. The number of nitrogens with one attached hydrogen (secondary N) is 2. The average molecular weight is 188 g/mol. The largest absolute Gasteiger partial charge is 0.377 e. The van der Waals surface area contributed by atoms with Gasteiger partial charge in [0.15, 0.2) is 0 Å². The van der Waals surface area contributed by atoms with Crippen molar-refractivity contribution >= 4 is 0 Å². The van der Waals surface area contributed by atoms with Crippen molar-refractivity contribution in [1.29, 1.82) is 0 Å². The number of ether oxygens (including phenoxy) is 1. The first-order chi connectivity index (χ1) is 6.18. The van der Waals surface area contributed by atoms with Gasteiger partial charge in [-0.2, -0.15) is 0 Å². The van der Waals surface area contributed by atoms with Crippen LogP contribution in [0.4, 0.5) is 0 Å². The molecule has 0 aliphatic heterocycles. The summed E-state index contributed by atoms with van der Waals surface area (Å²) in [6, 6.07) is 0. The van der Waals surface area contributed by atoms with Crippen molar-refractivity contribution in [3.05, 3.63) is 0 Å². The highest BCUT2D eigenvalue weighted by molar-refractivity contribution is 4.75. The van der Waals surface area contributed by atoms with Gasteiger partial charge < -0.3 is 15.4 Å². The summed E-state index contributed by atoms with van der Waals surface area (Å²) in [6.45, 7) is 7.35. The molecule has 3 heteroatoms. The molecule has 0 aromatic heterocycles. The quantitative estimate of drug-likeness (QED) is 0.558. The maximum atomic E-state index is 5.42. The molecule has 1 unspecified atom stereocenters. The van der Waals surface area contributed by atoms with Crippen molar-refractivity contribution in [1.82, 2.24) is 10.6 Å². The van der Waals surface area contributed by atoms with E-state index in [9.17, 15) is 0 Å². The highest BCUT2D eigenvalue weighted by Gasteiger charge is 2.19. The minimum Gasteiger partial charge on any atom is -0.377 e. The topological polar surface area (TPSA) is 33.3 Å². The first kappa shape index (κ1) is 12.9. The fraction of sp³-hybridized carbons (Fsp3) is 1.00. The van der Waals surface area contributed by atoms with Gasteiger partial charge in [0.2, 0.25) is 0 Å². The summed E-state index contributed by atoms with van der Waals surface area (Å²) in [5.74, 6) is 0. The summed E-state index contributed by atoms with van der Waals surface area (Å²) < 4.78 is 5.42. The zero-order valence-corrected chi connectivity index (χ0v) is 9.44. The van der Waals surface area contributed by atoms with E-state index in [-0.39, 0.29) is 5.60 Å². The maximum absolute atomic E-state index is 5.42. The van der Waals surface area contributed by atoms with Gasteiger partial charge in [0, 0.05) is 13.7 Å². The van der Waals surface area contributed by atoms with Crippen LogP contribution < -0.4 is 10.6 Å². The second-order valence-electron chi connectivity index (χ2n) is 3.64. The van der Waals surface area contributed by atoms with Crippen LogP contribution in [0.25, 0.3) is 0 Å². The number of rotatable bonds is 8. The molecular formula is C10H24N2O. The minimum atomic E-state index is -0.000354. The fourth-order valence-electron chi connectivity index (χ4n) is 1.08. The third-order valence-electron chi connectivity index (χ3n) is 2.52. The smallest absolute Gasteiger partial charge is 0.0771 e. The Morgan fingerprint density at radius 1 is 1.31 bits per heavy atom. The fourth-order valence-corrected chi connectivity index (χ4v) is 1.08. The first-order valence-corrected chi connectivity index (χ1v) is 5.09. The van der Waals surface area contributed by atoms with E-state index >= 15 is 0 Å². The number of hydrogen-bond donors (Lipinski definition) is 2. The Kier molecular flexibility index (Phi) is 7.23. The van der Waals surface area contributed by atoms with Crippen LogP contribution in [0.5, 0.6) is 0 Å². The molecule has 0 spiro atoms. The Bertz CT molecular complexity index is 113. The van der Waals surface area contributed by atoms with Gasteiger partial charge in [0.1, 0.15) is 0 Å². The van der Waals surface area contributed by atoms with Crippen LogP contribution in [-0.4, -0.2) is 39.4 Å². The van der Waals surface area contributed by atoms with E-state index < -0.39 is 0 Å². The van der Waals surface area contributed by atoms with Crippen LogP contribution in [0, 0.1) is 0 Å². The first-order valence-electron chi connectivity index (χ1n) is 5.09. The van der Waals surface area contributed by atoms with Crippen molar-refractivity contribution in [2.24, 2.45) is 0 Å². The van der Waals surface area contributed by atoms with Crippen molar-refractivity contribution in [3.8, 4) is 0 Å². The highest BCUT2D eigenvalue weighted by atomic mass is 16.5. The van der Waals surface area contributed by atoms with Gasteiger partial charge >= 0.3 is 0 Å². The van der Waals surface area contributed by atoms with Crippen molar-refractivity contribution in [2.45, 2.75) is 32.3 Å². The summed E-state index contributed by atoms with van der Waals surface area (Å²) in [5.41, 5.74) is -0.000354. The zero-order chi connectivity index (χ0) is 10.2. The molecule has 0 radical (unpaired) electrons. The van der Waals surface area contributed by atoms with E-state index in [1.165, 1.54) is 6.42 Å². The molecule has 0 heterocycles. The van der Waals surface area contributed by atoms with E-state index in [4.69, 9.17) is 4.74 Å². The second-order valence-corrected chi connectivity index (χ2v) is 3.64. The molecule has 80 valence electrons. The zero-order valence-electron chi connectivity index (χ0n) is 9.44. The Labute approximate surface area is 82.2 Å². The van der Waals surface area contributed by atoms with Gasteiger partial charge in [-0.1, -0.05) is 6.92 Å². The molecule has 0 saturated carbocycles. The third kappa shape index (κ3) is 6.02. The van der Waals surface area contributed by atoms with Crippen LogP contribution >= 0.6 is 0 Å². The van der Waals surface area contributed by atoms with Crippen LogP contribution in [0.1, 0.15) is 26.7 Å². The van der Waals surface area contributed by atoms with E-state index in [2.05, 4.69) is 24.5 Å². The molecule has 0 aromatic rings. The van der Waals surface area contributed by atoms with Crippen LogP contribution in [-0.2, 0) is 4.74 Å². The molecule has 0 aliphatic carbocycles. The molecule has 0 bridgehead atoms. The van der Waals surface area contributed by atoms with E-state index in [0.717, 1.165) is 26.1 Å². The number of methoxy groups -OCH3 is 1. The molecular weight excluding hydrogens is 164 g/mol. The Morgan fingerprint density at radius 3 is 2.46 bits per heavy atom. The molecule has 0 aliphatic rings. The van der Waals surface area contributed by atoms with Gasteiger partial charge in [0.05, 0.1) is 5.60 Å². The molecule has 2 N–H and O–H groups in total. The van der Waals surface area contributed by atoms with Gasteiger partial charge in [0.25, 0.3) is 0 Å². The van der Waals surface area contributed by atoms with Crippen molar-refractivity contribution in [3.63, 3.8) is 0 Å². The van der Waals surface area contributed by atoms with E-state index in [0.29, 0.717) is 0 Å². The van der Waals surface area contributed by atoms with Crippen molar-refractivity contribution in [2.75, 3.05) is 33.8 Å². The van der Waals surface area contributed by atoms with Gasteiger partial charge in [-0.15, -0.1) is 0 Å². The molecule has 0 saturated heterocycles. The SMILES string of the molecule is CCC(C)(CNCCCNC)OC. The Balaban J connectivity index is 3.39. The molecule has 0 rings (SSSR count). The van der Waals surface area contributed by atoms with Gasteiger partial charge in [-0.3, -0.25) is 0 Å². The highest BCUT2D eigenvalue weighted by Crippen LogP contribution is 2.11. The second kappa shape index (κ2) is 7.30. The van der Waals surface area contributed by atoms with Crippen LogP contribution in [0.15, 0.2) is 0 Å². The Hall–Kier alpha value is -0.120.